The molecule has 1 aliphatic rings. The molecule has 0 bridgehead atoms. The maximum absolute atomic E-state index is 12.0. The Balaban J connectivity index is 2.06. The molecule has 0 aromatic heterocycles. The Labute approximate surface area is 100.0 Å². The Bertz CT molecular complexity index is 353. The largest absolute Gasteiger partial charge is 0.435 e. The molecule has 1 N–H and O–H groups in total. The van der Waals surface area contributed by atoms with E-state index in [9.17, 15) is 8.78 Å². The SMILES string of the molecule is C[C@H]1CNCC[C@H]1c1ccc(OC(F)F)cc1. The first-order valence-electron chi connectivity index (χ1n) is 5.92. The van der Waals surface area contributed by atoms with Gasteiger partial charge in [0.2, 0.25) is 0 Å². The summed E-state index contributed by atoms with van der Waals surface area (Å²) in [5.74, 6) is 1.31. The minimum atomic E-state index is -2.75. The number of alkyl halides is 2. The second-order valence-electron chi connectivity index (χ2n) is 4.52. The van der Waals surface area contributed by atoms with Crippen LogP contribution >= 0.6 is 0 Å². The van der Waals surface area contributed by atoms with E-state index in [4.69, 9.17) is 0 Å². The molecule has 2 atom stereocenters. The third kappa shape index (κ3) is 3.16. The van der Waals surface area contributed by atoms with Gasteiger partial charge in [0.25, 0.3) is 0 Å². The minimum absolute atomic E-state index is 0.227. The number of hydrogen-bond donors (Lipinski definition) is 1. The highest BCUT2D eigenvalue weighted by Gasteiger charge is 2.22. The summed E-state index contributed by atoms with van der Waals surface area (Å²) in [6.07, 6.45) is 1.09. The van der Waals surface area contributed by atoms with Gasteiger partial charge in [-0.3, -0.25) is 0 Å². The summed E-state index contributed by atoms with van der Waals surface area (Å²) < 4.78 is 28.4. The van der Waals surface area contributed by atoms with Gasteiger partial charge in [-0.05, 0) is 49.0 Å². The van der Waals surface area contributed by atoms with E-state index in [1.54, 1.807) is 12.1 Å². The Hall–Kier alpha value is -1.16. The zero-order valence-electron chi connectivity index (χ0n) is 9.83. The molecule has 1 aliphatic heterocycles. The third-order valence-electron chi connectivity index (χ3n) is 3.32. The molecule has 0 spiro atoms. The first-order chi connectivity index (χ1) is 8.16. The van der Waals surface area contributed by atoms with Crippen LogP contribution in [-0.2, 0) is 0 Å². The van der Waals surface area contributed by atoms with Gasteiger partial charge >= 0.3 is 6.61 Å². The van der Waals surface area contributed by atoms with Crippen molar-refractivity contribution >= 4 is 0 Å². The van der Waals surface area contributed by atoms with E-state index in [-0.39, 0.29) is 5.75 Å². The molecule has 2 rings (SSSR count). The van der Waals surface area contributed by atoms with Crippen molar-refractivity contribution in [3.63, 3.8) is 0 Å². The summed E-state index contributed by atoms with van der Waals surface area (Å²) in [7, 11) is 0. The van der Waals surface area contributed by atoms with Crippen molar-refractivity contribution < 1.29 is 13.5 Å². The molecule has 17 heavy (non-hydrogen) atoms. The summed E-state index contributed by atoms with van der Waals surface area (Å²) in [4.78, 5) is 0. The van der Waals surface area contributed by atoms with Crippen LogP contribution in [0.5, 0.6) is 5.75 Å². The van der Waals surface area contributed by atoms with Crippen molar-refractivity contribution in [2.45, 2.75) is 25.9 Å². The number of piperidine rings is 1. The van der Waals surface area contributed by atoms with Crippen molar-refractivity contribution in [2.75, 3.05) is 13.1 Å². The molecule has 1 heterocycles. The highest BCUT2D eigenvalue weighted by molar-refractivity contribution is 5.30. The second-order valence-corrected chi connectivity index (χ2v) is 4.52. The molecular formula is C13H17F2NO. The van der Waals surface area contributed by atoms with E-state index in [1.165, 1.54) is 5.56 Å². The molecule has 0 radical (unpaired) electrons. The molecule has 4 heteroatoms. The Kier molecular flexibility index (Phi) is 3.94. The van der Waals surface area contributed by atoms with Crippen LogP contribution in [0.4, 0.5) is 8.78 Å². The fraction of sp³-hybridized carbons (Fsp3) is 0.538. The van der Waals surface area contributed by atoms with Gasteiger partial charge in [0.1, 0.15) is 5.75 Å². The van der Waals surface area contributed by atoms with Gasteiger partial charge in [0, 0.05) is 0 Å². The maximum atomic E-state index is 12.0. The lowest BCUT2D eigenvalue weighted by Crippen LogP contribution is -2.33. The topological polar surface area (TPSA) is 21.3 Å². The third-order valence-corrected chi connectivity index (χ3v) is 3.32. The first-order valence-corrected chi connectivity index (χ1v) is 5.92. The van der Waals surface area contributed by atoms with Crippen LogP contribution in [0.2, 0.25) is 0 Å². The van der Waals surface area contributed by atoms with Crippen molar-refractivity contribution in [3.8, 4) is 5.75 Å². The van der Waals surface area contributed by atoms with E-state index in [0.717, 1.165) is 19.5 Å². The zero-order valence-corrected chi connectivity index (χ0v) is 9.83. The highest BCUT2D eigenvalue weighted by atomic mass is 19.3. The Morgan fingerprint density at radius 3 is 2.59 bits per heavy atom. The lowest BCUT2D eigenvalue weighted by molar-refractivity contribution is -0.0498. The predicted molar refractivity (Wildman–Crippen MR) is 62.5 cm³/mol. The lowest BCUT2D eigenvalue weighted by Gasteiger charge is -2.29. The summed E-state index contributed by atoms with van der Waals surface area (Å²) in [5.41, 5.74) is 1.21. The molecule has 1 fully saturated rings. The van der Waals surface area contributed by atoms with Gasteiger partial charge in [0.05, 0.1) is 0 Å². The lowest BCUT2D eigenvalue weighted by atomic mass is 9.82. The fourth-order valence-corrected chi connectivity index (χ4v) is 2.41. The molecular weight excluding hydrogens is 224 g/mol. The van der Waals surface area contributed by atoms with E-state index in [1.807, 2.05) is 12.1 Å². The monoisotopic (exact) mass is 241 g/mol. The average molecular weight is 241 g/mol. The molecule has 94 valence electrons. The fourth-order valence-electron chi connectivity index (χ4n) is 2.41. The Morgan fingerprint density at radius 1 is 1.29 bits per heavy atom. The zero-order chi connectivity index (χ0) is 12.3. The predicted octanol–water partition coefficient (Wildman–Crippen LogP) is 3.00. The molecule has 1 aromatic rings. The normalized spacial score (nSPS) is 24.9. The molecule has 2 nitrogen and oxygen atoms in total. The van der Waals surface area contributed by atoms with E-state index in [0.29, 0.717) is 11.8 Å². The van der Waals surface area contributed by atoms with Crippen molar-refractivity contribution in [2.24, 2.45) is 5.92 Å². The van der Waals surface area contributed by atoms with Gasteiger partial charge in [-0.15, -0.1) is 0 Å². The standard InChI is InChI=1S/C13H17F2NO/c1-9-8-16-7-6-12(9)10-2-4-11(5-3-10)17-13(14)15/h2-5,9,12-13,16H,6-8H2,1H3/t9-,12+/m0/s1. The minimum Gasteiger partial charge on any atom is -0.435 e. The van der Waals surface area contributed by atoms with Crippen molar-refractivity contribution in [1.82, 2.24) is 5.32 Å². The summed E-state index contributed by atoms with van der Waals surface area (Å²) >= 11 is 0. The average Bonchev–Trinajstić information content (AvgIpc) is 2.30. The smallest absolute Gasteiger partial charge is 0.387 e. The second kappa shape index (κ2) is 5.45. The van der Waals surface area contributed by atoms with Crippen LogP contribution in [0.25, 0.3) is 0 Å². The van der Waals surface area contributed by atoms with Crippen LogP contribution in [0.1, 0.15) is 24.8 Å². The summed E-state index contributed by atoms with van der Waals surface area (Å²) in [6.45, 7) is 1.49. The molecule has 1 saturated heterocycles. The number of hydrogen-bond acceptors (Lipinski definition) is 2. The Morgan fingerprint density at radius 2 is 2.00 bits per heavy atom. The van der Waals surface area contributed by atoms with Gasteiger partial charge in [-0.25, -0.2) is 0 Å². The molecule has 0 amide bonds. The van der Waals surface area contributed by atoms with Crippen LogP contribution in [0.15, 0.2) is 24.3 Å². The van der Waals surface area contributed by atoms with Gasteiger partial charge in [0.15, 0.2) is 0 Å². The molecule has 0 saturated carbocycles. The number of nitrogens with one attached hydrogen (secondary N) is 1. The highest BCUT2D eigenvalue weighted by Crippen LogP contribution is 2.31. The van der Waals surface area contributed by atoms with Gasteiger partial charge in [-0.2, -0.15) is 8.78 Å². The van der Waals surface area contributed by atoms with Crippen molar-refractivity contribution in [3.05, 3.63) is 29.8 Å². The van der Waals surface area contributed by atoms with E-state index in [2.05, 4.69) is 17.0 Å². The van der Waals surface area contributed by atoms with E-state index < -0.39 is 6.61 Å². The van der Waals surface area contributed by atoms with Crippen LogP contribution in [0, 0.1) is 5.92 Å². The van der Waals surface area contributed by atoms with Gasteiger partial charge in [-0.1, -0.05) is 19.1 Å². The quantitative estimate of drug-likeness (QED) is 0.878. The summed E-state index contributed by atoms with van der Waals surface area (Å²) in [6, 6.07) is 7.03. The number of benzene rings is 1. The van der Waals surface area contributed by atoms with Crippen LogP contribution < -0.4 is 10.1 Å². The molecule has 0 unspecified atom stereocenters. The molecule has 1 aromatic carbocycles. The summed E-state index contributed by atoms with van der Waals surface area (Å²) in [5, 5.41) is 3.35. The molecule has 0 aliphatic carbocycles. The van der Waals surface area contributed by atoms with Crippen molar-refractivity contribution in [1.29, 1.82) is 0 Å². The first kappa shape index (κ1) is 12.3. The number of halogens is 2. The maximum Gasteiger partial charge on any atom is 0.387 e. The number of ether oxygens (including phenoxy) is 1. The van der Waals surface area contributed by atoms with Gasteiger partial charge < -0.3 is 10.1 Å². The van der Waals surface area contributed by atoms with E-state index >= 15 is 0 Å². The van der Waals surface area contributed by atoms with Crippen LogP contribution in [-0.4, -0.2) is 19.7 Å². The van der Waals surface area contributed by atoms with Crippen LogP contribution in [0.3, 0.4) is 0 Å². The number of rotatable bonds is 3.